The van der Waals surface area contributed by atoms with Crippen molar-refractivity contribution in [3.8, 4) is 5.75 Å². The maximum absolute atomic E-state index is 13.9. The van der Waals surface area contributed by atoms with E-state index in [1.807, 2.05) is 24.1 Å². The van der Waals surface area contributed by atoms with E-state index in [2.05, 4.69) is 0 Å². The molecule has 0 spiro atoms. The summed E-state index contributed by atoms with van der Waals surface area (Å²) in [6.07, 6.45) is -0.0961. The molecule has 0 bridgehead atoms. The number of aliphatic hydroxyl groups is 1. The first-order valence-electron chi connectivity index (χ1n) is 7.59. The van der Waals surface area contributed by atoms with Gasteiger partial charge in [-0.15, -0.1) is 0 Å². The van der Waals surface area contributed by atoms with E-state index in [4.69, 9.17) is 27.9 Å². The average molecular weight is 370 g/mol. The number of ether oxygens (including phenoxy) is 1. The van der Waals surface area contributed by atoms with Crippen molar-refractivity contribution >= 4 is 23.2 Å². The number of nitrogens with zero attached hydrogens (tertiary/aromatic N) is 1. The summed E-state index contributed by atoms with van der Waals surface area (Å²) >= 11 is 12.4. The van der Waals surface area contributed by atoms with E-state index < -0.39 is 11.9 Å². The van der Waals surface area contributed by atoms with E-state index in [-0.39, 0.29) is 11.8 Å². The fraction of sp³-hybridized carbons (Fsp3) is 0.333. The third-order valence-corrected chi connectivity index (χ3v) is 4.97. The van der Waals surface area contributed by atoms with Crippen molar-refractivity contribution in [1.29, 1.82) is 0 Å². The largest absolute Gasteiger partial charge is 0.494 e. The molecular formula is C18H18Cl2FNO2. The molecule has 2 aromatic rings. The van der Waals surface area contributed by atoms with Gasteiger partial charge in [-0.3, -0.25) is 4.90 Å². The normalized spacial score (nSPS) is 19.6. The number of benzene rings is 2. The Hall–Kier alpha value is -1.33. The van der Waals surface area contributed by atoms with E-state index in [1.165, 1.54) is 13.2 Å². The number of hydrogen-bond acceptors (Lipinski definition) is 3. The fourth-order valence-corrected chi connectivity index (χ4v) is 3.94. The van der Waals surface area contributed by atoms with Crippen LogP contribution in [0.5, 0.6) is 5.75 Å². The summed E-state index contributed by atoms with van der Waals surface area (Å²) in [5.74, 6) is -0.187. The lowest BCUT2D eigenvalue weighted by Crippen LogP contribution is -2.30. The first kappa shape index (κ1) is 17.5. The Labute approximate surface area is 150 Å². The molecule has 0 amide bonds. The Kier molecular flexibility index (Phi) is 5.02. The van der Waals surface area contributed by atoms with Gasteiger partial charge >= 0.3 is 0 Å². The predicted molar refractivity (Wildman–Crippen MR) is 93.3 cm³/mol. The topological polar surface area (TPSA) is 32.7 Å². The summed E-state index contributed by atoms with van der Waals surface area (Å²) < 4.78 is 18.8. The van der Waals surface area contributed by atoms with Crippen molar-refractivity contribution in [2.24, 2.45) is 0 Å². The van der Waals surface area contributed by atoms with Crippen molar-refractivity contribution in [3.05, 3.63) is 62.9 Å². The van der Waals surface area contributed by atoms with E-state index in [0.717, 1.165) is 16.7 Å². The summed E-state index contributed by atoms with van der Waals surface area (Å²) in [5.41, 5.74) is 2.65. The second kappa shape index (κ2) is 6.89. The summed E-state index contributed by atoms with van der Waals surface area (Å²) in [6.45, 7) is 0.478. The molecule has 1 N–H and O–H groups in total. The molecule has 0 radical (unpaired) electrons. The zero-order chi connectivity index (χ0) is 17.4. The number of hydrogen-bond donors (Lipinski definition) is 1. The van der Waals surface area contributed by atoms with Gasteiger partial charge in [0.1, 0.15) is 0 Å². The third-order valence-electron chi connectivity index (χ3n) is 4.41. The molecule has 6 heteroatoms. The smallest absolute Gasteiger partial charge is 0.165 e. The molecule has 0 heterocycles. The van der Waals surface area contributed by atoms with Gasteiger partial charge in [-0.25, -0.2) is 4.39 Å². The number of fused-ring (bicyclic) bond motifs is 1. The van der Waals surface area contributed by atoms with E-state index in [1.54, 1.807) is 12.1 Å². The molecule has 2 aromatic carbocycles. The number of likely N-dealkylation sites (N-methyl/N-ethyl adjacent to an activating group) is 1. The maximum atomic E-state index is 13.9. The Morgan fingerprint density at radius 2 is 2.04 bits per heavy atom. The summed E-state index contributed by atoms with van der Waals surface area (Å²) in [5, 5.41) is 11.6. The highest BCUT2D eigenvalue weighted by Crippen LogP contribution is 2.41. The van der Waals surface area contributed by atoms with Crippen LogP contribution in [0.15, 0.2) is 30.3 Å². The molecule has 24 heavy (non-hydrogen) atoms. The zero-order valence-electron chi connectivity index (χ0n) is 13.4. The van der Waals surface area contributed by atoms with Gasteiger partial charge < -0.3 is 9.84 Å². The first-order chi connectivity index (χ1) is 11.4. The summed E-state index contributed by atoms with van der Waals surface area (Å²) in [6, 6.07) is 8.16. The number of halogens is 3. The highest BCUT2D eigenvalue weighted by Gasteiger charge is 2.35. The number of aliphatic hydroxyl groups excluding tert-OH is 1. The lowest BCUT2D eigenvalue weighted by atomic mass is 10.1. The van der Waals surface area contributed by atoms with Crippen molar-refractivity contribution in [3.63, 3.8) is 0 Å². The molecule has 3 rings (SSSR count). The van der Waals surface area contributed by atoms with Crippen LogP contribution in [0.4, 0.5) is 4.39 Å². The molecule has 0 saturated heterocycles. The highest BCUT2D eigenvalue weighted by atomic mass is 35.5. The summed E-state index contributed by atoms with van der Waals surface area (Å²) in [7, 11) is 3.32. The Morgan fingerprint density at radius 3 is 2.71 bits per heavy atom. The highest BCUT2D eigenvalue weighted by molar-refractivity contribution is 6.35. The molecular weight excluding hydrogens is 352 g/mol. The minimum absolute atomic E-state index is 0.214. The minimum atomic E-state index is -0.580. The minimum Gasteiger partial charge on any atom is -0.494 e. The maximum Gasteiger partial charge on any atom is 0.165 e. The second-order valence-electron chi connectivity index (χ2n) is 6.06. The molecule has 0 aliphatic heterocycles. The van der Waals surface area contributed by atoms with Crippen LogP contribution in [0.25, 0.3) is 0 Å². The van der Waals surface area contributed by atoms with Gasteiger partial charge in [-0.1, -0.05) is 29.3 Å². The van der Waals surface area contributed by atoms with Gasteiger partial charge in [0, 0.05) is 23.0 Å². The van der Waals surface area contributed by atoms with Crippen molar-refractivity contribution in [1.82, 2.24) is 4.90 Å². The lowest BCUT2D eigenvalue weighted by Gasteiger charge is -2.28. The number of methoxy groups -OCH3 is 1. The molecule has 2 atom stereocenters. The van der Waals surface area contributed by atoms with Gasteiger partial charge in [0.15, 0.2) is 11.6 Å². The molecule has 0 saturated carbocycles. The molecule has 128 valence electrons. The third kappa shape index (κ3) is 3.24. The lowest BCUT2D eigenvalue weighted by molar-refractivity contribution is 0.0724. The predicted octanol–water partition coefficient (Wildman–Crippen LogP) is 4.23. The molecule has 0 unspecified atom stereocenters. The molecule has 1 aliphatic carbocycles. The SMILES string of the molecule is COc1ccc(CN(C)[C@@H]2c3cc(Cl)cc(Cl)c3C[C@H]2O)cc1F. The van der Waals surface area contributed by atoms with Crippen LogP contribution in [0.1, 0.15) is 22.7 Å². The van der Waals surface area contributed by atoms with Gasteiger partial charge in [0.25, 0.3) is 0 Å². The Bertz CT molecular complexity index is 769. The first-order valence-corrected chi connectivity index (χ1v) is 8.35. The second-order valence-corrected chi connectivity index (χ2v) is 6.90. The van der Waals surface area contributed by atoms with E-state index >= 15 is 0 Å². The average Bonchev–Trinajstić information content (AvgIpc) is 2.84. The van der Waals surface area contributed by atoms with Crippen LogP contribution >= 0.6 is 23.2 Å². The fourth-order valence-electron chi connectivity index (χ4n) is 3.36. The van der Waals surface area contributed by atoms with Crippen LogP contribution in [-0.4, -0.2) is 30.3 Å². The van der Waals surface area contributed by atoms with Gasteiger partial charge in [0.2, 0.25) is 0 Å². The Balaban J connectivity index is 1.86. The zero-order valence-corrected chi connectivity index (χ0v) is 14.9. The van der Waals surface area contributed by atoms with E-state index in [0.29, 0.717) is 23.0 Å². The molecule has 0 aromatic heterocycles. The molecule has 1 aliphatic rings. The van der Waals surface area contributed by atoms with Crippen molar-refractivity contribution in [2.75, 3.05) is 14.2 Å². The van der Waals surface area contributed by atoms with Gasteiger partial charge in [-0.2, -0.15) is 0 Å². The van der Waals surface area contributed by atoms with Gasteiger partial charge in [-0.05, 0) is 48.0 Å². The Morgan fingerprint density at radius 1 is 1.29 bits per heavy atom. The van der Waals surface area contributed by atoms with Crippen molar-refractivity contribution < 1.29 is 14.2 Å². The standard InChI is InChI=1S/C18H18Cl2FNO2/c1-22(9-10-3-4-17(24-2)15(21)5-10)18-13-6-11(19)7-14(20)12(13)8-16(18)23/h3-7,16,18,23H,8-9H2,1-2H3/t16-,18-/m1/s1. The number of rotatable bonds is 4. The quantitative estimate of drug-likeness (QED) is 0.874. The van der Waals surface area contributed by atoms with Crippen molar-refractivity contribution in [2.45, 2.75) is 25.1 Å². The molecule has 3 nitrogen and oxygen atoms in total. The van der Waals surface area contributed by atoms with Crippen LogP contribution in [0.3, 0.4) is 0 Å². The molecule has 0 fully saturated rings. The van der Waals surface area contributed by atoms with Crippen LogP contribution < -0.4 is 4.74 Å². The van der Waals surface area contributed by atoms with Crippen LogP contribution in [0.2, 0.25) is 10.0 Å². The van der Waals surface area contributed by atoms with Crippen LogP contribution in [-0.2, 0) is 13.0 Å². The summed E-state index contributed by atoms with van der Waals surface area (Å²) in [4.78, 5) is 1.98. The monoisotopic (exact) mass is 369 g/mol. The van der Waals surface area contributed by atoms with E-state index in [9.17, 15) is 9.50 Å². The van der Waals surface area contributed by atoms with Gasteiger partial charge in [0.05, 0.1) is 19.3 Å². The van der Waals surface area contributed by atoms with Crippen LogP contribution in [0, 0.1) is 5.82 Å².